The average Bonchev–Trinajstić information content (AvgIpc) is 2.70. The largest absolute Gasteiger partial charge is 0.478 e. The van der Waals surface area contributed by atoms with Crippen molar-refractivity contribution in [1.29, 1.82) is 0 Å². The summed E-state index contributed by atoms with van der Waals surface area (Å²) < 4.78 is 6.43. The first-order valence-corrected chi connectivity index (χ1v) is 6.09. The Labute approximate surface area is 109 Å². The van der Waals surface area contributed by atoms with Crippen molar-refractivity contribution in [3.63, 3.8) is 0 Å². The SMILES string of the molecule is COCCCCn1c(=O)[nH]c2cccc(C(=O)O)c21. The molecule has 0 fully saturated rings. The Bertz CT molecular complexity index is 642. The second-order valence-electron chi connectivity index (χ2n) is 4.29. The third-order valence-corrected chi connectivity index (χ3v) is 3.00. The van der Waals surface area contributed by atoms with Gasteiger partial charge in [-0.25, -0.2) is 9.59 Å². The maximum atomic E-state index is 11.9. The number of para-hydroxylation sites is 1. The number of nitrogens with one attached hydrogen (secondary N) is 1. The van der Waals surface area contributed by atoms with E-state index >= 15 is 0 Å². The van der Waals surface area contributed by atoms with Crippen LogP contribution in [0.3, 0.4) is 0 Å². The fourth-order valence-electron chi connectivity index (χ4n) is 2.12. The second kappa shape index (κ2) is 5.71. The average molecular weight is 264 g/mol. The molecule has 0 saturated carbocycles. The van der Waals surface area contributed by atoms with E-state index in [-0.39, 0.29) is 11.3 Å². The molecule has 102 valence electrons. The molecule has 0 aliphatic carbocycles. The van der Waals surface area contributed by atoms with Crippen LogP contribution in [0.5, 0.6) is 0 Å². The molecule has 2 rings (SSSR count). The maximum Gasteiger partial charge on any atom is 0.337 e. The Balaban J connectivity index is 2.39. The highest BCUT2D eigenvalue weighted by Crippen LogP contribution is 2.16. The molecule has 1 aromatic carbocycles. The lowest BCUT2D eigenvalue weighted by molar-refractivity contribution is 0.0698. The molecule has 0 atom stereocenters. The third kappa shape index (κ3) is 2.68. The van der Waals surface area contributed by atoms with Crippen LogP contribution >= 0.6 is 0 Å². The van der Waals surface area contributed by atoms with Crippen molar-refractivity contribution < 1.29 is 14.6 Å². The number of ether oxygens (including phenoxy) is 1. The predicted octanol–water partition coefficient (Wildman–Crippen LogP) is 1.45. The highest BCUT2D eigenvalue weighted by atomic mass is 16.5. The monoisotopic (exact) mass is 264 g/mol. The lowest BCUT2D eigenvalue weighted by atomic mass is 10.2. The first-order valence-electron chi connectivity index (χ1n) is 6.09. The van der Waals surface area contributed by atoms with Crippen LogP contribution in [-0.2, 0) is 11.3 Å². The van der Waals surface area contributed by atoms with Gasteiger partial charge >= 0.3 is 11.7 Å². The topological polar surface area (TPSA) is 84.3 Å². The van der Waals surface area contributed by atoms with Crippen molar-refractivity contribution in [3.05, 3.63) is 34.2 Å². The fourth-order valence-corrected chi connectivity index (χ4v) is 2.12. The van der Waals surface area contributed by atoms with Crippen molar-refractivity contribution in [3.8, 4) is 0 Å². The molecule has 1 aromatic heterocycles. The number of aromatic amines is 1. The summed E-state index contributed by atoms with van der Waals surface area (Å²) in [6, 6.07) is 4.83. The Hall–Kier alpha value is -2.08. The Morgan fingerprint density at radius 3 is 2.89 bits per heavy atom. The number of aromatic nitrogens is 2. The number of hydrogen-bond acceptors (Lipinski definition) is 3. The van der Waals surface area contributed by atoms with E-state index in [1.807, 2.05) is 0 Å². The van der Waals surface area contributed by atoms with Crippen LogP contribution < -0.4 is 5.69 Å². The summed E-state index contributed by atoms with van der Waals surface area (Å²) in [5.74, 6) is -1.03. The molecule has 6 nitrogen and oxygen atoms in total. The summed E-state index contributed by atoms with van der Waals surface area (Å²) in [6.07, 6.45) is 1.58. The van der Waals surface area contributed by atoms with Gasteiger partial charge in [0.2, 0.25) is 0 Å². The number of fused-ring (bicyclic) bond motifs is 1. The van der Waals surface area contributed by atoms with Crippen molar-refractivity contribution in [2.45, 2.75) is 19.4 Å². The molecular weight excluding hydrogens is 248 g/mol. The van der Waals surface area contributed by atoms with E-state index in [1.165, 1.54) is 10.6 Å². The minimum atomic E-state index is -1.03. The molecular formula is C13H16N2O4. The van der Waals surface area contributed by atoms with Crippen LogP contribution in [0.4, 0.5) is 0 Å². The smallest absolute Gasteiger partial charge is 0.337 e. The quantitative estimate of drug-likeness (QED) is 0.773. The van der Waals surface area contributed by atoms with Gasteiger partial charge in [0.1, 0.15) is 0 Å². The molecule has 2 N–H and O–H groups in total. The van der Waals surface area contributed by atoms with Crippen LogP contribution in [0.15, 0.2) is 23.0 Å². The Kier molecular flexibility index (Phi) is 4.01. The molecule has 2 aromatic rings. The van der Waals surface area contributed by atoms with Gasteiger partial charge in [-0.3, -0.25) is 4.57 Å². The summed E-state index contributed by atoms with van der Waals surface area (Å²) in [4.78, 5) is 25.7. The van der Waals surface area contributed by atoms with Gasteiger partial charge in [-0.05, 0) is 25.0 Å². The van der Waals surface area contributed by atoms with E-state index in [2.05, 4.69) is 4.98 Å². The number of aromatic carboxylic acids is 1. The van der Waals surface area contributed by atoms with Gasteiger partial charge in [-0.1, -0.05) is 6.07 Å². The van der Waals surface area contributed by atoms with Gasteiger partial charge < -0.3 is 14.8 Å². The number of nitrogens with zero attached hydrogens (tertiary/aromatic N) is 1. The van der Waals surface area contributed by atoms with E-state index < -0.39 is 5.97 Å². The van der Waals surface area contributed by atoms with Crippen molar-refractivity contribution in [1.82, 2.24) is 9.55 Å². The standard InChI is InChI=1S/C13H16N2O4/c1-19-8-3-2-7-15-11-9(12(16)17)5-4-6-10(11)14-13(15)18/h4-6H,2-3,7-8H2,1H3,(H,14,18)(H,16,17). The molecule has 1 heterocycles. The van der Waals surface area contributed by atoms with E-state index in [1.54, 1.807) is 19.2 Å². The zero-order chi connectivity index (χ0) is 13.8. The molecule has 0 radical (unpaired) electrons. The molecule has 0 aliphatic rings. The highest BCUT2D eigenvalue weighted by molar-refractivity contribution is 6.01. The number of H-pyrrole nitrogens is 1. The zero-order valence-corrected chi connectivity index (χ0v) is 10.7. The minimum Gasteiger partial charge on any atom is -0.478 e. The molecule has 0 amide bonds. The molecule has 0 unspecified atom stereocenters. The molecule has 19 heavy (non-hydrogen) atoms. The normalized spacial score (nSPS) is 11.0. The second-order valence-corrected chi connectivity index (χ2v) is 4.29. The number of carboxylic acid groups (broad SMARTS) is 1. The van der Waals surface area contributed by atoms with E-state index in [9.17, 15) is 14.7 Å². The number of aryl methyl sites for hydroxylation is 1. The molecule has 0 spiro atoms. The van der Waals surface area contributed by atoms with E-state index in [0.717, 1.165) is 12.8 Å². The van der Waals surface area contributed by atoms with Gasteiger partial charge in [0.25, 0.3) is 0 Å². The fraction of sp³-hybridized carbons (Fsp3) is 0.385. The van der Waals surface area contributed by atoms with Gasteiger partial charge in [-0.2, -0.15) is 0 Å². The maximum absolute atomic E-state index is 11.9. The first-order chi connectivity index (χ1) is 9.15. The van der Waals surface area contributed by atoms with Crippen LogP contribution in [0, 0.1) is 0 Å². The van der Waals surface area contributed by atoms with Crippen LogP contribution in [0.1, 0.15) is 23.2 Å². The van der Waals surface area contributed by atoms with Gasteiger partial charge in [0, 0.05) is 20.3 Å². The Morgan fingerprint density at radius 1 is 1.42 bits per heavy atom. The summed E-state index contributed by atoms with van der Waals surface area (Å²) >= 11 is 0. The van der Waals surface area contributed by atoms with Crippen LogP contribution in [0.2, 0.25) is 0 Å². The van der Waals surface area contributed by atoms with Crippen molar-refractivity contribution in [2.24, 2.45) is 0 Å². The molecule has 0 aliphatic heterocycles. The minimum absolute atomic E-state index is 0.141. The number of unbranched alkanes of at least 4 members (excludes halogenated alkanes) is 1. The van der Waals surface area contributed by atoms with Crippen molar-refractivity contribution in [2.75, 3.05) is 13.7 Å². The number of rotatable bonds is 6. The Morgan fingerprint density at radius 2 is 2.21 bits per heavy atom. The summed E-state index contributed by atoms with van der Waals surface area (Å²) in [6.45, 7) is 1.11. The number of imidazole rings is 1. The zero-order valence-electron chi connectivity index (χ0n) is 10.7. The number of benzene rings is 1. The molecule has 0 bridgehead atoms. The first kappa shape index (κ1) is 13.4. The lowest BCUT2D eigenvalue weighted by Crippen LogP contribution is -2.18. The van der Waals surface area contributed by atoms with E-state index in [0.29, 0.717) is 24.2 Å². The van der Waals surface area contributed by atoms with Crippen LogP contribution in [-0.4, -0.2) is 34.3 Å². The van der Waals surface area contributed by atoms with Gasteiger partial charge in [0.15, 0.2) is 0 Å². The summed E-state index contributed by atoms with van der Waals surface area (Å²) in [7, 11) is 1.63. The molecule has 0 saturated heterocycles. The third-order valence-electron chi connectivity index (χ3n) is 3.00. The number of carboxylic acids is 1. The summed E-state index contributed by atoms with van der Waals surface area (Å²) in [5.41, 5.74) is 0.873. The number of hydrogen-bond donors (Lipinski definition) is 2. The summed E-state index contributed by atoms with van der Waals surface area (Å²) in [5, 5.41) is 9.18. The number of methoxy groups -OCH3 is 1. The predicted molar refractivity (Wildman–Crippen MR) is 70.6 cm³/mol. The highest BCUT2D eigenvalue weighted by Gasteiger charge is 2.14. The van der Waals surface area contributed by atoms with Gasteiger partial charge in [-0.15, -0.1) is 0 Å². The van der Waals surface area contributed by atoms with E-state index in [4.69, 9.17) is 4.74 Å². The van der Waals surface area contributed by atoms with Crippen molar-refractivity contribution >= 4 is 17.0 Å². The lowest BCUT2D eigenvalue weighted by Gasteiger charge is -2.05. The van der Waals surface area contributed by atoms with Crippen LogP contribution in [0.25, 0.3) is 11.0 Å². The molecule has 6 heteroatoms. The van der Waals surface area contributed by atoms with Gasteiger partial charge in [0.05, 0.1) is 16.6 Å². The number of carbonyl (C=O) groups is 1.